The van der Waals surface area contributed by atoms with Crippen LogP contribution < -0.4 is 4.90 Å². The topological polar surface area (TPSA) is 66.5 Å². The fourth-order valence-corrected chi connectivity index (χ4v) is 3.43. The lowest BCUT2D eigenvalue weighted by Crippen LogP contribution is -2.37. The summed E-state index contributed by atoms with van der Waals surface area (Å²) < 4.78 is 7.28. The molecule has 25 heavy (non-hydrogen) atoms. The van der Waals surface area contributed by atoms with Crippen LogP contribution in [0.25, 0.3) is 16.8 Å². The van der Waals surface area contributed by atoms with Crippen LogP contribution in [0.5, 0.6) is 0 Å². The Morgan fingerprint density at radius 2 is 1.88 bits per heavy atom. The molecule has 1 aliphatic heterocycles. The first-order chi connectivity index (χ1) is 12.2. The molecular weight excluding hydrogens is 361 g/mol. The lowest BCUT2D eigenvalue weighted by molar-refractivity contribution is 0.122. The van der Waals surface area contributed by atoms with Crippen LogP contribution in [0.4, 0.5) is 5.95 Å². The molecule has 1 aliphatic rings. The molecule has 1 saturated heterocycles. The van der Waals surface area contributed by atoms with Gasteiger partial charge in [-0.1, -0.05) is 29.3 Å². The van der Waals surface area contributed by atoms with Crippen molar-refractivity contribution in [1.82, 2.24) is 14.6 Å². The number of aromatic nitrogens is 3. The van der Waals surface area contributed by atoms with Gasteiger partial charge < -0.3 is 9.64 Å². The smallest absolute Gasteiger partial charge is 0.231 e. The largest absolute Gasteiger partial charge is 0.378 e. The van der Waals surface area contributed by atoms with Crippen LogP contribution in [0.2, 0.25) is 10.0 Å². The van der Waals surface area contributed by atoms with Gasteiger partial charge in [0.2, 0.25) is 5.95 Å². The second kappa shape index (κ2) is 6.52. The van der Waals surface area contributed by atoms with E-state index in [9.17, 15) is 5.26 Å². The number of nitrogens with zero attached hydrogens (tertiary/aromatic N) is 5. The molecule has 1 fully saturated rings. The number of ether oxygens (including phenoxy) is 1. The van der Waals surface area contributed by atoms with Crippen molar-refractivity contribution in [2.75, 3.05) is 31.2 Å². The van der Waals surface area contributed by atoms with E-state index in [1.165, 1.54) is 0 Å². The molecule has 126 valence electrons. The van der Waals surface area contributed by atoms with Gasteiger partial charge in [-0.2, -0.15) is 5.26 Å². The summed E-state index contributed by atoms with van der Waals surface area (Å²) in [5.74, 6) is 0.731. The summed E-state index contributed by atoms with van der Waals surface area (Å²) in [7, 11) is 0. The van der Waals surface area contributed by atoms with Crippen molar-refractivity contribution >= 4 is 34.8 Å². The molecule has 0 amide bonds. The quantitative estimate of drug-likeness (QED) is 0.688. The molecule has 3 aromatic rings. The Hall–Kier alpha value is -2.33. The molecule has 0 bridgehead atoms. The maximum atomic E-state index is 9.54. The van der Waals surface area contributed by atoms with Crippen molar-refractivity contribution in [3.63, 3.8) is 0 Å². The summed E-state index contributed by atoms with van der Waals surface area (Å²) in [6.07, 6.45) is 1.85. The summed E-state index contributed by atoms with van der Waals surface area (Å²) in [5.41, 5.74) is 2.56. The van der Waals surface area contributed by atoms with Crippen LogP contribution in [-0.2, 0) is 4.74 Å². The number of fused-ring (bicyclic) bond motifs is 1. The predicted molar refractivity (Wildman–Crippen MR) is 96.2 cm³/mol. The number of benzene rings is 1. The van der Waals surface area contributed by atoms with Crippen LogP contribution in [0.15, 0.2) is 30.5 Å². The molecule has 2 aromatic heterocycles. The Morgan fingerprint density at radius 3 is 2.60 bits per heavy atom. The van der Waals surface area contributed by atoms with E-state index >= 15 is 0 Å². The molecule has 0 aliphatic carbocycles. The number of rotatable bonds is 2. The van der Waals surface area contributed by atoms with Gasteiger partial charge in [0.05, 0.1) is 24.8 Å². The first kappa shape index (κ1) is 16.2. The zero-order valence-corrected chi connectivity index (χ0v) is 14.6. The van der Waals surface area contributed by atoms with E-state index in [4.69, 9.17) is 27.9 Å². The molecule has 0 N–H and O–H groups in total. The maximum Gasteiger partial charge on any atom is 0.231 e. The van der Waals surface area contributed by atoms with Crippen LogP contribution in [0.3, 0.4) is 0 Å². The molecule has 0 spiro atoms. The van der Waals surface area contributed by atoms with Crippen molar-refractivity contribution in [2.45, 2.75) is 0 Å². The van der Waals surface area contributed by atoms with Crippen LogP contribution in [-0.4, -0.2) is 40.9 Å². The number of halogens is 2. The molecule has 0 unspecified atom stereocenters. The molecule has 0 saturated carbocycles. The van der Waals surface area contributed by atoms with Gasteiger partial charge in [0.25, 0.3) is 0 Å². The van der Waals surface area contributed by atoms with Gasteiger partial charge >= 0.3 is 0 Å². The van der Waals surface area contributed by atoms with E-state index in [0.717, 1.165) is 24.6 Å². The van der Waals surface area contributed by atoms with E-state index in [0.29, 0.717) is 40.0 Å². The second-order valence-corrected chi connectivity index (χ2v) is 6.51. The van der Waals surface area contributed by atoms with Gasteiger partial charge in [-0.15, -0.1) is 10.2 Å². The zero-order chi connectivity index (χ0) is 17.4. The van der Waals surface area contributed by atoms with Gasteiger partial charge in [-0.25, -0.2) is 0 Å². The molecule has 6 nitrogen and oxygen atoms in total. The average Bonchev–Trinajstić information content (AvgIpc) is 3.04. The minimum Gasteiger partial charge on any atom is -0.378 e. The van der Waals surface area contributed by atoms with Crippen molar-refractivity contribution in [2.24, 2.45) is 0 Å². The highest BCUT2D eigenvalue weighted by molar-refractivity contribution is 6.36. The summed E-state index contributed by atoms with van der Waals surface area (Å²) in [6, 6.07) is 9.16. The van der Waals surface area contributed by atoms with Crippen LogP contribution in [0.1, 0.15) is 5.56 Å². The summed E-state index contributed by atoms with van der Waals surface area (Å²) in [4.78, 5) is 2.11. The monoisotopic (exact) mass is 373 g/mol. The molecule has 1 aromatic carbocycles. The minimum absolute atomic E-state index is 0.484. The number of hydrogen-bond acceptors (Lipinski definition) is 5. The number of nitriles is 1. The summed E-state index contributed by atoms with van der Waals surface area (Å²) >= 11 is 12.3. The number of anilines is 1. The highest BCUT2D eigenvalue weighted by Crippen LogP contribution is 2.33. The highest BCUT2D eigenvalue weighted by atomic mass is 35.5. The Bertz CT molecular complexity index is 989. The predicted octanol–water partition coefficient (Wildman–Crippen LogP) is 3.41. The van der Waals surface area contributed by atoms with Gasteiger partial charge in [-0.05, 0) is 12.1 Å². The van der Waals surface area contributed by atoms with Gasteiger partial charge in [-0.3, -0.25) is 4.40 Å². The average molecular weight is 374 g/mol. The van der Waals surface area contributed by atoms with Crippen molar-refractivity contribution < 1.29 is 4.74 Å². The van der Waals surface area contributed by atoms with Crippen molar-refractivity contribution in [1.29, 1.82) is 5.26 Å². The SMILES string of the molecule is N#Cc1cc2nnc(N3CCOCC3)n2cc1-c1ccc(Cl)cc1Cl. The molecule has 0 atom stereocenters. The minimum atomic E-state index is 0.484. The molecule has 3 heterocycles. The van der Waals surface area contributed by atoms with Crippen LogP contribution >= 0.6 is 23.2 Å². The first-order valence-electron chi connectivity index (χ1n) is 7.74. The summed E-state index contributed by atoms with van der Waals surface area (Å²) in [5, 5.41) is 19.1. The lowest BCUT2D eigenvalue weighted by Gasteiger charge is -2.26. The standard InChI is InChI=1S/C17H13Cl2N5O/c18-12-1-2-13(15(19)8-12)14-10-24-16(7-11(14)9-20)21-22-17(24)23-3-5-25-6-4-23/h1-2,7-8,10H,3-6H2. The summed E-state index contributed by atoms with van der Waals surface area (Å²) in [6.45, 7) is 2.80. The Morgan fingerprint density at radius 1 is 1.08 bits per heavy atom. The molecule has 0 radical (unpaired) electrons. The third kappa shape index (κ3) is 2.91. The highest BCUT2D eigenvalue weighted by Gasteiger charge is 2.19. The Kier molecular flexibility index (Phi) is 4.22. The maximum absolute atomic E-state index is 9.54. The van der Waals surface area contributed by atoms with Crippen molar-refractivity contribution in [3.8, 4) is 17.2 Å². The van der Waals surface area contributed by atoms with E-state index in [-0.39, 0.29) is 0 Å². The second-order valence-electron chi connectivity index (χ2n) is 5.66. The molecule has 4 rings (SSSR count). The van der Waals surface area contributed by atoms with E-state index in [2.05, 4.69) is 21.2 Å². The fraction of sp³-hybridized carbons (Fsp3) is 0.235. The normalized spacial score (nSPS) is 14.7. The van der Waals surface area contributed by atoms with Crippen LogP contribution in [0, 0.1) is 11.3 Å². The number of hydrogen-bond donors (Lipinski definition) is 0. The molecule has 8 heteroatoms. The van der Waals surface area contributed by atoms with Gasteiger partial charge in [0, 0.05) is 46.5 Å². The van der Waals surface area contributed by atoms with Gasteiger partial charge in [0.15, 0.2) is 5.65 Å². The molecular formula is C17H13Cl2N5O. The third-order valence-corrected chi connectivity index (χ3v) is 4.71. The first-order valence-corrected chi connectivity index (χ1v) is 8.50. The van der Waals surface area contributed by atoms with Gasteiger partial charge in [0.1, 0.15) is 0 Å². The number of morpholine rings is 1. The van der Waals surface area contributed by atoms with E-state index in [1.807, 2.05) is 16.7 Å². The van der Waals surface area contributed by atoms with Crippen molar-refractivity contribution in [3.05, 3.63) is 46.1 Å². The Balaban J connectivity index is 1.89. The third-order valence-electron chi connectivity index (χ3n) is 4.16. The number of pyridine rings is 1. The lowest BCUT2D eigenvalue weighted by atomic mass is 10.0. The van der Waals surface area contributed by atoms with E-state index < -0.39 is 0 Å². The van der Waals surface area contributed by atoms with E-state index in [1.54, 1.807) is 18.2 Å². The fourth-order valence-electron chi connectivity index (χ4n) is 2.92. The zero-order valence-electron chi connectivity index (χ0n) is 13.1. The Labute approximate surface area is 154 Å².